The molecule has 31 heavy (non-hydrogen) atoms. The number of ether oxygens (including phenoxy) is 2. The Labute approximate surface area is 190 Å². The van der Waals surface area contributed by atoms with Crippen LogP contribution in [-0.2, 0) is 9.47 Å². The Kier molecular flexibility index (Phi) is 4.65. The second-order valence-corrected chi connectivity index (χ2v) is 13.6. The molecule has 1 saturated heterocycles. The molecule has 6 rings (SSSR count). The minimum absolute atomic E-state index is 0.0746. The highest BCUT2D eigenvalue weighted by molar-refractivity contribution is 5.26. The number of hydrogen-bond acceptors (Lipinski definition) is 3. The zero-order valence-electron chi connectivity index (χ0n) is 20.8. The molecule has 5 saturated carbocycles. The van der Waals surface area contributed by atoms with Gasteiger partial charge in [-0.3, -0.25) is 0 Å². The van der Waals surface area contributed by atoms with E-state index in [1.165, 1.54) is 51.4 Å². The number of fused-ring (bicyclic) bond motifs is 4. The molecule has 3 nitrogen and oxygen atoms in total. The van der Waals surface area contributed by atoms with Crippen LogP contribution in [0, 0.1) is 57.7 Å². The minimum Gasteiger partial charge on any atom is -0.390 e. The van der Waals surface area contributed by atoms with Crippen LogP contribution in [0.5, 0.6) is 0 Å². The van der Waals surface area contributed by atoms with Crippen LogP contribution in [0.4, 0.5) is 0 Å². The molecule has 176 valence electrons. The summed E-state index contributed by atoms with van der Waals surface area (Å²) in [6.07, 6.45) is 11.6. The zero-order chi connectivity index (χ0) is 21.9. The third-order valence-corrected chi connectivity index (χ3v) is 12.6. The molecular formula is C28H46O3. The van der Waals surface area contributed by atoms with Crippen molar-refractivity contribution in [3.8, 4) is 0 Å². The van der Waals surface area contributed by atoms with Gasteiger partial charge in [0.2, 0.25) is 0 Å². The van der Waals surface area contributed by atoms with Crippen LogP contribution in [0.15, 0.2) is 0 Å². The molecule has 6 aliphatic rings. The first-order valence-electron chi connectivity index (χ1n) is 13.6. The summed E-state index contributed by atoms with van der Waals surface area (Å²) in [6.45, 7) is 12.0. The van der Waals surface area contributed by atoms with Crippen molar-refractivity contribution in [2.75, 3.05) is 7.11 Å². The van der Waals surface area contributed by atoms with Crippen molar-refractivity contribution in [2.24, 2.45) is 57.7 Å². The van der Waals surface area contributed by atoms with Crippen LogP contribution in [0.1, 0.15) is 86.0 Å². The summed E-state index contributed by atoms with van der Waals surface area (Å²) in [5, 5.41) is 11.2. The van der Waals surface area contributed by atoms with Crippen LogP contribution in [0.2, 0.25) is 0 Å². The summed E-state index contributed by atoms with van der Waals surface area (Å²) in [6, 6.07) is 0. The second kappa shape index (κ2) is 6.72. The zero-order valence-corrected chi connectivity index (χ0v) is 20.8. The Hall–Kier alpha value is -0.120. The maximum absolute atomic E-state index is 11.2. The molecule has 1 aliphatic heterocycles. The summed E-state index contributed by atoms with van der Waals surface area (Å²) >= 11 is 0. The number of aliphatic hydroxyl groups excluding tert-OH is 1. The first kappa shape index (κ1) is 21.4. The molecule has 1 spiro atoms. The lowest BCUT2D eigenvalue weighted by atomic mass is 9.45. The number of rotatable bonds is 5. The van der Waals surface area contributed by atoms with Gasteiger partial charge < -0.3 is 14.6 Å². The summed E-state index contributed by atoms with van der Waals surface area (Å²) in [7, 11) is 1.99. The highest BCUT2D eigenvalue weighted by Gasteiger charge is 2.77. The lowest BCUT2D eigenvalue weighted by Gasteiger charge is -2.61. The van der Waals surface area contributed by atoms with Gasteiger partial charge in [-0.2, -0.15) is 0 Å². The monoisotopic (exact) mass is 430 g/mol. The van der Waals surface area contributed by atoms with E-state index >= 15 is 0 Å². The van der Waals surface area contributed by atoms with Crippen LogP contribution >= 0.6 is 0 Å². The maximum Gasteiger partial charge on any atom is 0.110 e. The van der Waals surface area contributed by atoms with Crippen LogP contribution < -0.4 is 0 Å². The average Bonchev–Trinajstić information content (AvgIpc) is 3.62. The van der Waals surface area contributed by atoms with Gasteiger partial charge in [0.05, 0.1) is 18.3 Å². The molecule has 0 aromatic carbocycles. The molecule has 1 N–H and O–H groups in total. The van der Waals surface area contributed by atoms with Crippen LogP contribution in [0.25, 0.3) is 0 Å². The molecule has 1 heterocycles. The normalized spacial score (nSPS) is 58.8. The fourth-order valence-electron chi connectivity index (χ4n) is 11.0. The van der Waals surface area contributed by atoms with E-state index in [9.17, 15) is 5.11 Å². The highest BCUT2D eigenvalue weighted by atomic mass is 16.6. The average molecular weight is 431 g/mol. The Bertz CT molecular complexity index is 736. The number of methoxy groups -OCH3 is 1. The van der Waals surface area contributed by atoms with Crippen molar-refractivity contribution in [3.05, 3.63) is 0 Å². The van der Waals surface area contributed by atoms with Gasteiger partial charge in [-0.15, -0.1) is 0 Å². The topological polar surface area (TPSA) is 42.0 Å². The molecule has 5 aliphatic carbocycles. The summed E-state index contributed by atoms with van der Waals surface area (Å²) in [5.41, 5.74) is 1.41. The summed E-state index contributed by atoms with van der Waals surface area (Å²) in [4.78, 5) is 0. The van der Waals surface area contributed by atoms with Crippen molar-refractivity contribution < 1.29 is 14.6 Å². The predicted molar refractivity (Wildman–Crippen MR) is 122 cm³/mol. The molecule has 13 atom stereocenters. The predicted octanol–water partition coefficient (Wildman–Crippen LogP) is 5.69. The lowest BCUT2D eigenvalue weighted by Crippen LogP contribution is -2.57. The van der Waals surface area contributed by atoms with Gasteiger partial charge in [0.25, 0.3) is 0 Å². The number of hydrogen-bond donors (Lipinski definition) is 1. The SMILES string of the molecule is CO[C@@H]1C[C@H]2[C@@H]3CC[C@H]([C@H](C)[C@@H](O)[C@@H]4O[C@H]4C(C)C)[C@@]3(C)CC[C@@H]2[C@@]2(C)CC[C@@H]3C[C@]312. The van der Waals surface area contributed by atoms with Crippen molar-refractivity contribution in [3.63, 3.8) is 0 Å². The lowest BCUT2D eigenvalue weighted by molar-refractivity contribution is -0.162. The summed E-state index contributed by atoms with van der Waals surface area (Å²) < 4.78 is 12.2. The third-order valence-electron chi connectivity index (χ3n) is 12.6. The van der Waals surface area contributed by atoms with E-state index < -0.39 is 0 Å². The molecule has 6 fully saturated rings. The molecule has 0 aromatic heterocycles. The first-order chi connectivity index (χ1) is 14.7. The molecular weight excluding hydrogens is 384 g/mol. The van der Waals surface area contributed by atoms with E-state index in [1.54, 1.807) is 0 Å². The van der Waals surface area contributed by atoms with Crippen molar-refractivity contribution in [2.45, 2.75) is 110 Å². The van der Waals surface area contributed by atoms with E-state index in [1.807, 2.05) is 7.11 Å². The fraction of sp³-hybridized carbons (Fsp3) is 1.00. The van der Waals surface area contributed by atoms with Crippen molar-refractivity contribution >= 4 is 0 Å². The molecule has 0 amide bonds. The van der Waals surface area contributed by atoms with Gasteiger partial charge >= 0.3 is 0 Å². The molecule has 0 unspecified atom stereocenters. The van der Waals surface area contributed by atoms with Gasteiger partial charge in [-0.05, 0) is 104 Å². The van der Waals surface area contributed by atoms with E-state index in [-0.39, 0.29) is 18.3 Å². The molecule has 3 heteroatoms. The highest BCUT2D eigenvalue weighted by Crippen LogP contribution is 2.82. The minimum atomic E-state index is -0.299. The van der Waals surface area contributed by atoms with Crippen LogP contribution in [-0.4, -0.2) is 36.6 Å². The van der Waals surface area contributed by atoms with Crippen molar-refractivity contribution in [1.29, 1.82) is 0 Å². The molecule has 0 radical (unpaired) electrons. The Morgan fingerprint density at radius 1 is 0.968 bits per heavy atom. The third kappa shape index (κ3) is 2.58. The standard InChI is InChI=1S/C28H46O3/c1-15(2)24-25(31-24)23(29)16(3)19-7-8-20-18-13-22(30-6)28-14-17(28)9-12-27(28,5)21(18)10-11-26(19,20)4/h15-25,29H,7-14H2,1-6H3/t16-,17+,18-,19+,20-,21-,22+,23+,24-,25-,26+,27+,28-/m0/s1. The van der Waals surface area contributed by atoms with Gasteiger partial charge in [-0.1, -0.05) is 34.6 Å². The van der Waals surface area contributed by atoms with E-state index in [0.29, 0.717) is 40.1 Å². The Balaban J connectivity index is 1.24. The van der Waals surface area contributed by atoms with E-state index in [4.69, 9.17) is 9.47 Å². The van der Waals surface area contributed by atoms with E-state index in [2.05, 4.69) is 34.6 Å². The first-order valence-corrected chi connectivity index (χ1v) is 13.6. The van der Waals surface area contributed by atoms with Crippen LogP contribution in [0.3, 0.4) is 0 Å². The van der Waals surface area contributed by atoms with Gasteiger partial charge in [0.1, 0.15) is 6.10 Å². The second-order valence-electron chi connectivity index (χ2n) is 13.6. The van der Waals surface area contributed by atoms with Crippen molar-refractivity contribution in [1.82, 2.24) is 0 Å². The van der Waals surface area contributed by atoms with Gasteiger partial charge in [0.15, 0.2) is 0 Å². The number of epoxide rings is 1. The Morgan fingerprint density at radius 2 is 1.74 bits per heavy atom. The molecule has 0 aromatic rings. The smallest absolute Gasteiger partial charge is 0.110 e. The maximum atomic E-state index is 11.2. The fourth-order valence-corrected chi connectivity index (χ4v) is 11.0. The molecule has 0 bridgehead atoms. The Morgan fingerprint density at radius 3 is 2.39 bits per heavy atom. The number of aliphatic hydroxyl groups is 1. The van der Waals surface area contributed by atoms with Gasteiger partial charge in [0, 0.05) is 12.5 Å². The quantitative estimate of drug-likeness (QED) is 0.570. The van der Waals surface area contributed by atoms with Gasteiger partial charge in [-0.25, -0.2) is 0 Å². The largest absolute Gasteiger partial charge is 0.390 e. The summed E-state index contributed by atoms with van der Waals surface area (Å²) in [5.74, 6) is 4.98. The van der Waals surface area contributed by atoms with E-state index in [0.717, 1.165) is 23.7 Å².